The quantitative estimate of drug-likeness (QED) is 0.179. The number of aliphatic hydroxyl groups is 2. The Balaban J connectivity index is 0.000000569. The predicted molar refractivity (Wildman–Crippen MR) is 120 cm³/mol. The fourth-order valence-corrected chi connectivity index (χ4v) is 4.78. The largest absolute Gasteiger partial charge is 0.480 e. The number of nitrogen functional groups attached to an aromatic ring is 1. The molecule has 0 radical (unpaired) electrons. The summed E-state index contributed by atoms with van der Waals surface area (Å²) < 4.78 is 7.41. The van der Waals surface area contributed by atoms with E-state index in [2.05, 4.69) is 20.3 Å². The molecule has 6 atom stereocenters. The van der Waals surface area contributed by atoms with E-state index in [0.29, 0.717) is 29.1 Å². The molecule has 0 spiro atoms. The van der Waals surface area contributed by atoms with E-state index in [1.54, 1.807) is 7.05 Å². The SMILES string of the molecule is CNCC(=O)O.C[S+](CC[C@H](N)C(=O)O)C[C@H]1O[C@@H](n2cnc3c(N)ncnc32)[C@H](O)[C@@H]1O. The van der Waals surface area contributed by atoms with E-state index in [-0.39, 0.29) is 23.3 Å². The number of anilines is 1. The summed E-state index contributed by atoms with van der Waals surface area (Å²) in [6.45, 7) is 0.0417. The number of hydrogen-bond acceptors (Lipinski definition) is 11. The number of rotatable bonds is 9. The average Bonchev–Trinajstić information content (AvgIpc) is 3.29. The molecule has 1 aliphatic rings. The molecule has 0 bridgehead atoms. The lowest BCUT2D eigenvalue weighted by Gasteiger charge is -2.16. The third kappa shape index (κ3) is 6.96. The minimum Gasteiger partial charge on any atom is -0.480 e. The van der Waals surface area contributed by atoms with Gasteiger partial charge in [0, 0.05) is 6.42 Å². The first-order valence-electron chi connectivity index (χ1n) is 9.95. The zero-order valence-corrected chi connectivity index (χ0v) is 19.1. The first-order chi connectivity index (χ1) is 15.6. The van der Waals surface area contributed by atoms with Gasteiger partial charge >= 0.3 is 11.9 Å². The van der Waals surface area contributed by atoms with E-state index < -0.39 is 42.5 Å². The zero-order valence-electron chi connectivity index (χ0n) is 18.2. The highest BCUT2D eigenvalue weighted by atomic mass is 32.2. The maximum absolute atomic E-state index is 10.8. The molecule has 14 nitrogen and oxygen atoms in total. The maximum atomic E-state index is 10.8. The molecule has 1 unspecified atom stereocenters. The van der Waals surface area contributed by atoms with Gasteiger partial charge in [0.2, 0.25) is 0 Å². The minimum atomic E-state index is -1.16. The number of carbonyl (C=O) groups is 2. The summed E-state index contributed by atoms with van der Waals surface area (Å²) in [7, 11) is 1.36. The predicted octanol–water partition coefficient (Wildman–Crippen LogP) is -2.63. The van der Waals surface area contributed by atoms with Crippen LogP contribution in [0.5, 0.6) is 0 Å². The van der Waals surface area contributed by atoms with Crippen LogP contribution in [-0.4, -0.2) is 108 Å². The van der Waals surface area contributed by atoms with Crippen LogP contribution in [0.2, 0.25) is 0 Å². The van der Waals surface area contributed by atoms with Gasteiger partial charge < -0.3 is 41.9 Å². The second-order valence-electron chi connectivity index (χ2n) is 7.44. The van der Waals surface area contributed by atoms with Crippen molar-refractivity contribution in [3.05, 3.63) is 12.7 Å². The lowest BCUT2D eigenvalue weighted by atomic mass is 10.1. The van der Waals surface area contributed by atoms with Crippen molar-refractivity contribution in [3.63, 3.8) is 0 Å². The Morgan fingerprint density at radius 1 is 1.27 bits per heavy atom. The highest BCUT2D eigenvalue weighted by molar-refractivity contribution is 7.96. The summed E-state index contributed by atoms with van der Waals surface area (Å²) in [4.78, 5) is 32.5. The molecule has 3 rings (SSSR count). The van der Waals surface area contributed by atoms with Gasteiger partial charge in [-0.2, -0.15) is 0 Å². The highest BCUT2D eigenvalue weighted by Gasteiger charge is 2.46. The molecule has 2 aromatic rings. The molecular weight excluding hydrogens is 458 g/mol. The Morgan fingerprint density at radius 3 is 2.55 bits per heavy atom. The molecule has 0 amide bonds. The molecule has 1 fully saturated rings. The van der Waals surface area contributed by atoms with Crippen molar-refractivity contribution in [3.8, 4) is 0 Å². The smallest absolute Gasteiger partial charge is 0.320 e. The van der Waals surface area contributed by atoms with Crippen molar-refractivity contribution in [1.82, 2.24) is 24.8 Å². The van der Waals surface area contributed by atoms with Crippen LogP contribution >= 0.6 is 0 Å². The Labute approximate surface area is 192 Å². The number of nitrogens with one attached hydrogen (secondary N) is 1. The van der Waals surface area contributed by atoms with Crippen LogP contribution in [0, 0.1) is 0 Å². The summed E-state index contributed by atoms with van der Waals surface area (Å²) in [5.41, 5.74) is 12.1. The van der Waals surface area contributed by atoms with Gasteiger partial charge in [0.05, 0.1) is 19.1 Å². The standard InChI is InChI=1S/C15H22N6O5S.C3H7NO2/c1-27(3-2-7(16)15(24)25)4-8-10(22)11(23)14(26-8)21-6-20-9-12(17)18-5-19-13(9)21;1-4-2-3(5)6/h5-8,10-11,14,22-23H,2-4,16H2,1H3,(H2-,17,18,19,24,25);4H,2H2,1H3,(H,5,6)/p+1/t7-,8+,10+,11+,14+,27?;/m0./s1. The summed E-state index contributed by atoms with van der Waals surface area (Å²) in [5.74, 6) is -0.567. The molecule has 2 aromatic heterocycles. The number of nitrogens with zero attached hydrogens (tertiary/aromatic N) is 4. The van der Waals surface area contributed by atoms with Gasteiger partial charge in [-0.05, 0) is 17.9 Å². The van der Waals surface area contributed by atoms with Crippen LogP contribution in [0.4, 0.5) is 5.82 Å². The number of likely N-dealkylation sites (N-methyl/N-ethyl adjacent to an activating group) is 1. The molecule has 1 saturated heterocycles. The molecule has 33 heavy (non-hydrogen) atoms. The van der Waals surface area contributed by atoms with Crippen molar-refractivity contribution in [2.24, 2.45) is 5.73 Å². The normalized spacial score (nSPS) is 24.2. The molecule has 0 aromatic carbocycles. The molecule has 15 heteroatoms. The molecule has 9 N–H and O–H groups in total. The van der Waals surface area contributed by atoms with Gasteiger partial charge in [-0.1, -0.05) is 0 Å². The van der Waals surface area contributed by atoms with E-state index in [0.717, 1.165) is 0 Å². The molecular formula is C18H30N7O7S+. The number of hydrogen-bond donors (Lipinski definition) is 7. The lowest BCUT2D eigenvalue weighted by Crippen LogP contribution is -2.37. The van der Waals surface area contributed by atoms with Gasteiger partial charge in [0.1, 0.15) is 47.7 Å². The van der Waals surface area contributed by atoms with Crippen molar-refractivity contribution in [2.75, 3.05) is 37.1 Å². The first kappa shape index (κ1) is 26.7. The fraction of sp³-hybridized carbons (Fsp3) is 0.611. The Hall–Kier alpha value is -2.56. The van der Waals surface area contributed by atoms with Crippen molar-refractivity contribution in [1.29, 1.82) is 0 Å². The first-order valence-corrected chi connectivity index (χ1v) is 11.9. The van der Waals surface area contributed by atoms with Crippen LogP contribution in [0.25, 0.3) is 11.2 Å². The number of imidazole rings is 1. The third-order valence-corrected chi connectivity index (χ3v) is 6.70. The number of carboxylic acids is 2. The van der Waals surface area contributed by atoms with Crippen LogP contribution < -0.4 is 16.8 Å². The van der Waals surface area contributed by atoms with Crippen LogP contribution in [0.15, 0.2) is 12.7 Å². The number of carboxylic acid groups (broad SMARTS) is 2. The van der Waals surface area contributed by atoms with Gasteiger partial charge in [0.15, 0.2) is 17.7 Å². The lowest BCUT2D eigenvalue weighted by molar-refractivity contribution is -0.138. The topological polar surface area (TPSA) is 232 Å². The Kier molecular flexibility index (Phi) is 9.75. The number of aliphatic hydroxyl groups excluding tert-OH is 2. The Morgan fingerprint density at radius 2 is 1.97 bits per heavy atom. The minimum absolute atomic E-state index is 0.0417. The van der Waals surface area contributed by atoms with E-state index in [1.165, 1.54) is 17.2 Å². The van der Waals surface area contributed by atoms with Crippen molar-refractivity contribution < 1.29 is 34.8 Å². The number of aliphatic carboxylic acids is 2. The molecule has 0 aliphatic carbocycles. The fourth-order valence-electron chi connectivity index (χ4n) is 3.12. The van der Waals surface area contributed by atoms with Crippen molar-refractivity contribution >= 4 is 39.8 Å². The molecule has 1 aliphatic heterocycles. The monoisotopic (exact) mass is 488 g/mol. The number of fused-ring (bicyclic) bond motifs is 1. The number of aromatic nitrogens is 4. The Bertz CT molecular complexity index is 946. The van der Waals surface area contributed by atoms with Gasteiger partial charge in [-0.3, -0.25) is 14.2 Å². The van der Waals surface area contributed by atoms with Crippen LogP contribution in [-0.2, 0) is 25.2 Å². The summed E-state index contributed by atoms with van der Waals surface area (Å²) >= 11 is 0. The van der Waals surface area contributed by atoms with Gasteiger partial charge in [-0.25, -0.2) is 15.0 Å². The van der Waals surface area contributed by atoms with E-state index in [4.69, 9.17) is 26.4 Å². The van der Waals surface area contributed by atoms with Crippen LogP contribution in [0.3, 0.4) is 0 Å². The molecule has 0 saturated carbocycles. The van der Waals surface area contributed by atoms with Gasteiger partial charge in [-0.15, -0.1) is 0 Å². The van der Waals surface area contributed by atoms with Crippen LogP contribution in [0.1, 0.15) is 12.6 Å². The molecule has 3 heterocycles. The number of nitrogens with two attached hydrogens (primary N) is 2. The third-order valence-electron chi connectivity index (χ3n) is 4.87. The van der Waals surface area contributed by atoms with Gasteiger partial charge in [0.25, 0.3) is 0 Å². The van der Waals surface area contributed by atoms with E-state index in [9.17, 15) is 19.8 Å². The maximum Gasteiger partial charge on any atom is 0.320 e. The second kappa shape index (κ2) is 12.1. The molecule has 184 valence electrons. The second-order valence-corrected chi connectivity index (χ2v) is 9.74. The zero-order chi connectivity index (χ0) is 24.7. The van der Waals surface area contributed by atoms with Crippen molar-refractivity contribution in [2.45, 2.75) is 37.0 Å². The summed E-state index contributed by atoms with van der Waals surface area (Å²) in [5, 5.41) is 40.0. The average molecular weight is 489 g/mol. The summed E-state index contributed by atoms with van der Waals surface area (Å²) in [6.07, 6.45) is 1.31. The summed E-state index contributed by atoms with van der Waals surface area (Å²) in [6, 6.07) is -0.907. The van der Waals surface area contributed by atoms with E-state index >= 15 is 0 Å². The number of ether oxygens (including phenoxy) is 1. The highest BCUT2D eigenvalue weighted by Crippen LogP contribution is 2.32. The van der Waals surface area contributed by atoms with E-state index in [1.807, 2.05) is 6.26 Å².